The molecule has 21 heavy (non-hydrogen) atoms. The number of rotatable bonds is 4. The average molecular weight is 333 g/mol. The van der Waals surface area contributed by atoms with Crippen molar-refractivity contribution in [1.29, 1.82) is 0 Å². The molecule has 1 aromatic carbocycles. The van der Waals surface area contributed by atoms with E-state index in [-0.39, 0.29) is 18.0 Å². The SMILES string of the molecule is COc1cccc(S(=O)(=O)N2CCC(S(C)(=O)=O)CC2)c1. The number of sulfone groups is 1. The summed E-state index contributed by atoms with van der Waals surface area (Å²) in [6.07, 6.45) is 1.87. The summed E-state index contributed by atoms with van der Waals surface area (Å²) in [6, 6.07) is 6.28. The lowest BCUT2D eigenvalue weighted by molar-refractivity contribution is 0.346. The molecule has 1 aromatic rings. The van der Waals surface area contributed by atoms with E-state index in [9.17, 15) is 16.8 Å². The number of sulfonamides is 1. The van der Waals surface area contributed by atoms with Gasteiger partial charge in [0.25, 0.3) is 0 Å². The summed E-state index contributed by atoms with van der Waals surface area (Å²) in [5.74, 6) is 0.474. The number of methoxy groups -OCH3 is 1. The fourth-order valence-corrected chi connectivity index (χ4v) is 4.98. The highest BCUT2D eigenvalue weighted by atomic mass is 32.2. The van der Waals surface area contributed by atoms with Crippen LogP contribution in [-0.4, -0.2) is 52.8 Å². The van der Waals surface area contributed by atoms with Crippen molar-refractivity contribution in [2.75, 3.05) is 26.5 Å². The molecule has 0 atom stereocenters. The molecule has 8 heteroatoms. The van der Waals surface area contributed by atoms with Crippen molar-refractivity contribution in [1.82, 2.24) is 4.31 Å². The van der Waals surface area contributed by atoms with Gasteiger partial charge in [-0.2, -0.15) is 4.31 Å². The van der Waals surface area contributed by atoms with Crippen molar-refractivity contribution in [3.63, 3.8) is 0 Å². The Hall–Kier alpha value is -1.12. The van der Waals surface area contributed by atoms with E-state index in [1.165, 1.54) is 29.8 Å². The first-order valence-corrected chi connectivity index (χ1v) is 9.97. The van der Waals surface area contributed by atoms with Gasteiger partial charge in [-0.05, 0) is 25.0 Å². The highest BCUT2D eigenvalue weighted by Gasteiger charge is 2.33. The van der Waals surface area contributed by atoms with Crippen LogP contribution in [-0.2, 0) is 19.9 Å². The topological polar surface area (TPSA) is 80.8 Å². The molecule has 0 aliphatic carbocycles. The molecule has 1 aliphatic heterocycles. The van der Waals surface area contributed by atoms with Crippen LogP contribution in [0.25, 0.3) is 0 Å². The maximum absolute atomic E-state index is 12.5. The van der Waals surface area contributed by atoms with Gasteiger partial charge >= 0.3 is 0 Å². The molecule has 0 spiro atoms. The summed E-state index contributed by atoms with van der Waals surface area (Å²) in [6.45, 7) is 0.439. The second-order valence-electron chi connectivity index (χ2n) is 5.11. The smallest absolute Gasteiger partial charge is 0.243 e. The zero-order chi connectivity index (χ0) is 15.7. The normalized spacial score (nSPS) is 18.6. The first-order chi connectivity index (χ1) is 9.75. The predicted molar refractivity (Wildman–Crippen MR) is 79.6 cm³/mol. The molecule has 0 bridgehead atoms. The molecule has 118 valence electrons. The van der Waals surface area contributed by atoms with Crippen LogP contribution in [0.5, 0.6) is 5.75 Å². The molecule has 1 heterocycles. The number of hydrogen-bond acceptors (Lipinski definition) is 5. The Kier molecular flexibility index (Phi) is 4.60. The van der Waals surface area contributed by atoms with Gasteiger partial charge in [-0.25, -0.2) is 16.8 Å². The fraction of sp³-hybridized carbons (Fsp3) is 0.538. The summed E-state index contributed by atoms with van der Waals surface area (Å²) >= 11 is 0. The van der Waals surface area contributed by atoms with E-state index in [0.717, 1.165) is 0 Å². The van der Waals surface area contributed by atoms with Gasteiger partial charge in [0.15, 0.2) is 0 Å². The van der Waals surface area contributed by atoms with E-state index >= 15 is 0 Å². The first kappa shape index (κ1) is 16.3. The minimum atomic E-state index is -3.61. The average Bonchev–Trinajstić information content (AvgIpc) is 2.46. The second-order valence-corrected chi connectivity index (χ2v) is 9.38. The van der Waals surface area contributed by atoms with Gasteiger partial charge in [-0.3, -0.25) is 0 Å². The standard InChI is InChI=1S/C13H19NO5S2/c1-19-11-4-3-5-13(10-11)21(17,18)14-8-6-12(7-9-14)20(2,15)16/h3-5,10,12H,6-9H2,1-2H3. The summed E-state index contributed by atoms with van der Waals surface area (Å²) in [7, 11) is -5.24. The third-order valence-electron chi connectivity index (χ3n) is 3.69. The number of hydrogen-bond donors (Lipinski definition) is 0. The van der Waals surface area contributed by atoms with Crippen LogP contribution in [0.15, 0.2) is 29.2 Å². The molecule has 0 radical (unpaired) electrons. The van der Waals surface area contributed by atoms with Gasteiger partial charge in [-0.15, -0.1) is 0 Å². The molecule has 1 saturated heterocycles. The van der Waals surface area contributed by atoms with Gasteiger partial charge in [0.05, 0.1) is 17.3 Å². The lowest BCUT2D eigenvalue weighted by atomic mass is 10.2. The van der Waals surface area contributed by atoms with Crippen LogP contribution in [0.2, 0.25) is 0 Å². The third kappa shape index (κ3) is 3.56. The van der Waals surface area contributed by atoms with E-state index in [1.807, 2.05) is 0 Å². The Morgan fingerprint density at radius 2 is 1.76 bits per heavy atom. The molecular formula is C13H19NO5S2. The Bertz CT molecular complexity index is 704. The maximum Gasteiger partial charge on any atom is 0.243 e. The Morgan fingerprint density at radius 1 is 1.14 bits per heavy atom. The van der Waals surface area contributed by atoms with Gasteiger partial charge in [-0.1, -0.05) is 6.07 Å². The number of nitrogens with zero attached hydrogens (tertiary/aromatic N) is 1. The molecule has 0 unspecified atom stereocenters. The van der Waals surface area contributed by atoms with E-state index in [1.54, 1.807) is 12.1 Å². The molecule has 0 amide bonds. The van der Waals surface area contributed by atoms with Crippen LogP contribution in [0.4, 0.5) is 0 Å². The zero-order valence-electron chi connectivity index (χ0n) is 12.0. The lowest BCUT2D eigenvalue weighted by Crippen LogP contribution is -2.42. The largest absolute Gasteiger partial charge is 0.497 e. The van der Waals surface area contributed by atoms with Crippen LogP contribution < -0.4 is 4.74 Å². The summed E-state index contributed by atoms with van der Waals surface area (Å²) in [4.78, 5) is 0.166. The van der Waals surface area contributed by atoms with Gasteiger partial charge in [0.1, 0.15) is 15.6 Å². The van der Waals surface area contributed by atoms with Crippen molar-refractivity contribution in [3.8, 4) is 5.75 Å². The molecule has 0 aromatic heterocycles. The quantitative estimate of drug-likeness (QED) is 0.817. The zero-order valence-corrected chi connectivity index (χ0v) is 13.7. The van der Waals surface area contributed by atoms with Crippen LogP contribution in [0.3, 0.4) is 0 Å². The molecule has 0 saturated carbocycles. The summed E-state index contributed by atoms with van der Waals surface area (Å²) in [5.41, 5.74) is 0. The molecular weight excluding hydrogens is 314 g/mol. The Labute approximate surface area is 125 Å². The van der Waals surface area contributed by atoms with Crippen LogP contribution >= 0.6 is 0 Å². The second kappa shape index (κ2) is 5.94. The van der Waals surface area contributed by atoms with Crippen molar-refractivity contribution >= 4 is 19.9 Å². The lowest BCUT2D eigenvalue weighted by Gasteiger charge is -2.30. The van der Waals surface area contributed by atoms with E-state index < -0.39 is 25.1 Å². The fourth-order valence-electron chi connectivity index (χ4n) is 2.41. The van der Waals surface area contributed by atoms with Crippen molar-refractivity contribution in [2.45, 2.75) is 23.0 Å². The van der Waals surface area contributed by atoms with Crippen molar-refractivity contribution in [2.24, 2.45) is 0 Å². The van der Waals surface area contributed by atoms with Gasteiger partial charge in [0.2, 0.25) is 10.0 Å². The van der Waals surface area contributed by atoms with Gasteiger partial charge in [0, 0.05) is 25.4 Å². The maximum atomic E-state index is 12.5. The molecule has 1 fully saturated rings. The van der Waals surface area contributed by atoms with Crippen LogP contribution in [0, 0.1) is 0 Å². The Morgan fingerprint density at radius 3 is 2.29 bits per heavy atom. The monoisotopic (exact) mass is 333 g/mol. The highest BCUT2D eigenvalue weighted by molar-refractivity contribution is 7.91. The molecule has 0 N–H and O–H groups in total. The summed E-state index contributed by atoms with van der Waals surface area (Å²) < 4.78 is 54.5. The molecule has 6 nitrogen and oxygen atoms in total. The number of benzene rings is 1. The minimum Gasteiger partial charge on any atom is -0.497 e. The number of ether oxygens (including phenoxy) is 1. The molecule has 2 rings (SSSR count). The Balaban J connectivity index is 2.18. The van der Waals surface area contributed by atoms with E-state index in [0.29, 0.717) is 18.6 Å². The van der Waals surface area contributed by atoms with Crippen molar-refractivity contribution < 1.29 is 21.6 Å². The van der Waals surface area contributed by atoms with Crippen molar-refractivity contribution in [3.05, 3.63) is 24.3 Å². The van der Waals surface area contributed by atoms with Crippen LogP contribution in [0.1, 0.15) is 12.8 Å². The predicted octanol–water partition coefficient (Wildman–Crippen LogP) is 0.893. The minimum absolute atomic E-state index is 0.166. The third-order valence-corrected chi connectivity index (χ3v) is 7.26. The molecule has 1 aliphatic rings. The van der Waals surface area contributed by atoms with Gasteiger partial charge < -0.3 is 4.74 Å². The number of piperidine rings is 1. The first-order valence-electron chi connectivity index (χ1n) is 6.58. The highest BCUT2D eigenvalue weighted by Crippen LogP contribution is 2.25. The van der Waals surface area contributed by atoms with E-state index in [4.69, 9.17) is 4.74 Å². The summed E-state index contributed by atoms with van der Waals surface area (Å²) in [5, 5.41) is -0.450. The van der Waals surface area contributed by atoms with E-state index in [2.05, 4.69) is 0 Å².